The summed E-state index contributed by atoms with van der Waals surface area (Å²) >= 11 is 6.22. The van der Waals surface area contributed by atoms with E-state index in [0.717, 1.165) is 28.8 Å². The Morgan fingerprint density at radius 1 is 0.968 bits per heavy atom. The first-order valence-corrected chi connectivity index (χ1v) is 10.9. The molecule has 0 saturated carbocycles. The fraction of sp³-hybridized carbons (Fsp3) is 0.308. The maximum Gasteiger partial charge on any atom is 0.195 e. The number of hydrogen-bond donors (Lipinski definition) is 1. The van der Waals surface area contributed by atoms with Gasteiger partial charge in [0.1, 0.15) is 11.4 Å². The van der Waals surface area contributed by atoms with E-state index in [-0.39, 0.29) is 0 Å². The second-order valence-electron chi connectivity index (χ2n) is 8.28. The Bertz CT molecular complexity index is 1080. The predicted molar refractivity (Wildman–Crippen MR) is 123 cm³/mol. The van der Waals surface area contributed by atoms with Crippen molar-refractivity contribution in [3.05, 3.63) is 99.6 Å². The van der Waals surface area contributed by atoms with E-state index < -0.39 is 11.4 Å². The Hall–Kier alpha value is -2.37. The number of halogens is 1. The van der Waals surface area contributed by atoms with E-state index in [1.807, 2.05) is 75.6 Å². The number of hydrogen-bond acceptors (Lipinski definition) is 4. The first-order chi connectivity index (χ1) is 14.8. The van der Waals surface area contributed by atoms with Crippen LogP contribution in [0.15, 0.2) is 66.7 Å². The molecule has 0 fully saturated rings. The minimum Gasteiger partial charge on any atom is -0.493 e. The van der Waals surface area contributed by atoms with E-state index >= 15 is 0 Å². The molecular formula is C26H28ClNO3. The lowest BCUT2D eigenvalue weighted by Crippen LogP contribution is -2.34. The van der Waals surface area contributed by atoms with Crippen LogP contribution in [0.4, 0.5) is 0 Å². The summed E-state index contributed by atoms with van der Waals surface area (Å²) in [5, 5.41) is 12.1. The van der Waals surface area contributed by atoms with Gasteiger partial charge in [-0.25, -0.2) is 0 Å². The molecule has 1 N–H and O–H groups in total. The fourth-order valence-electron chi connectivity index (χ4n) is 4.58. The molecule has 4 rings (SSSR count). The van der Waals surface area contributed by atoms with E-state index in [0.29, 0.717) is 22.9 Å². The van der Waals surface area contributed by atoms with Crippen LogP contribution in [-0.2, 0) is 22.7 Å². The highest BCUT2D eigenvalue weighted by molar-refractivity contribution is 6.30. The number of rotatable bonds is 6. The largest absolute Gasteiger partial charge is 0.493 e. The summed E-state index contributed by atoms with van der Waals surface area (Å²) in [6, 6.07) is 21.7. The first-order valence-electron chi connectivity index (χ1n) is 10.5. The number of fused-ring (bicyclic) bond motifs is 1. The van der Waals surface area contributed by atoms with Crippen molar-refractivity contribution in [1.82, 2.24) is 4.90 Å². The molecule has 3 aromatic carbocycles. The average molecular weight is 438 g/mol. The van der Waals surface area contributed by atoms with E-state index in [4.69, 9.17) is 21.1 Å². The van der Waals surface area contributed by atoms with Crippen LogP contribution < -0.4 is 4.74 Å². The Balaban J connectivity index is 2.07. The SMILES string of the molecule is CCOc1cccc2c1C(C)(O)OC2(c1ccc(Cl)cc1)c1ccccc1CN(C)C. The summed E-state index contributed by atoms with van der Waals surface area (Å²) in [5.41, 5.74) is 3.52. The highest BCUT2D eigenvalue weighted by atomic mass is 35.5. The van der Waals surface area contributed by atoms with E-state index in [1.165, 1.54) is 0 Å². The molecule has 1 heterocycles. The second kappa shape index (κ2) is 8.29. The lowest BCUT2D eigenvalue weighted by Gasteiger charge is -2.35. The second-order valence-corrected chi connectivity index (χ2v) is 8.72. The van der Waals surface area contributed by atoms with Gasteiger partial charge in [-0.15, -0.1) is 0 Å². The Kier molecular flexibility index (Phi) is 5.84. The third-order valence-electron chi connectivity index (χ3n) is 5.66. The monoisotopic (exact) mass is 437 g/mol. The van der Waals surface area contributed by atoms with E-state index in [1.54, 1.807) is 6.92 Å². The van der Waals surface area contributed by atoms with Gasteiger partial charge in [0.05, 0.1) is 12.2 Å². The molecule has 2 atom stereocenters. The maximum absolute atomic E-state index is 11.5. The summed E-state index contributed by atoms with van der Waals surface area (Å²) in [5.74, 6) is -0.905. The molecule has 0 aromatic heterocycles. The number of ether oxygens (including phenoxy) is 2. The Labute approximate surface area is 189 Å². The van der Waals surface area contributed by atoms with Crippen LogP contribution in [0.25, 0.3) is 0 Å². The van der Waals surface area contributed by atoms with Crippen molar-refractivity contribution >= 4 is 11.6 Å². The van der Waals surface area contributed by atoms with Crippen molar-refractivity contribution in [2.75, 3.05) is 20.7 Å². The summed E-state index contributed by atoms with van der Waals surface area (Å²) in [6.07, 6.45) is 0. The topological polar surface area (TPSA) is 41.9 Å². The molecular weight excluding hydrogens is 410 g/mol. The van der Waals surface area contributed by atoms with Crippen molar-refractivity contribution in [3.63, 3.8) is 0 Å². The molecule has 0 amide bonds. The van der Waals surface area contributed by atoms with Gasteiger partial charge in [-0.1, -0.05) is 60.1 Å². The highest BCUT2D eigenvalue weighted by Gasteiger charge is 2.54. The Morgan fingerprint density at radius 2 is 1.65 bits per heavy atom. The summed E-state index contributed by atoms with van der Waals surface area (Å²) < 4.78 is 12.5. The maximum atomic E-state index is 11.5. The molecule has 2 unspecified atom stereocenters. The van der Waals surface area contributed by atoms with Crippen molar-refractivity contribution in [1.29, 1.82) is 0 Å². The highest BCUT2D eigenvalue weighted by Crippen LogP contribution is 2.56. The lowest BCUT2D eigenvalue weighted by molar-refractivity contribution is -0.225. The van der Waals surface area contributed by atoms with Crippen LogP contribution in [-0.4, -0.2) is 30.7 Å². The van der Waals surface area contributed by atoms with Gasteiger partial charge in [-0.05, 0) is 62.8 Å². The standard InChI is InChI=1S/C26H28ClNO3/c1-5-30-23-12-8-11-22-24(23)25(2,29)31-26(22,19-13-15-20(27)16-14-19)21-10-7-6-9-18(21)17-28(3)4/h6-16,29H,5,17H2,1-4H3. The van der Waals surface area contributed by atoms with Crippen molar-refractivity contribution in [3.8, 4) is 5.75 Å². The van der Waals surface area contributed by atoms with Crippen molar-refractivity contribution in [2.45, 2.75) is 31.8 Å². The van der Waals surface area contributed by atoms with Crippen LogP contribution >= 0.6 is 11.6 Å². The average Bonchev–Trinajstić information content (AvgIpc) is 2.98. The van der Waals surface area contributed by atoms with Crippen LogP contribution in [0.5, 0.6) is 5.75 Å². The molecule has 0 radical (unpaired) electrons. The van der Waals surface area contributed by atoms with Gasteiger partial charge in [-0.3, -0.25) is 0 Å². The van der Waals surface area contributed by atoms with E-state index in [2.05, 4.69) is 17.0 Å². The lowest BCUT2D eigenvalue weighted by atomic mass is 9.77. The fourth-order valence-corrected chi connectivity index (χ4v) is 4.71. The molecule has 1 aliphatic rings. The summed E-state index contributed by atoms with van der Waals surface area (Å²) in [4.78, 5) is 2.12. The molecule has 31 heavy (non-hydrogen) atoms. The minimum absolute atomic E-state index is 0.498. The van der Waals surface area contributed by atoms with Crippen LogP contribution in [0, 0.1) is 0 Å². The number of nitrogens with zero attached hydrogens (tertiary/aromatic N) is 1. The minimum atomic E-state index is -1.54. The zero-order valence-electron chi connectivity index (χ0n) is 18.4. The van der Waals surface area contributed by atoms with Gasteiger partial charge in [0, 0.05) is 17.1 Å². The van der Waals surface area contributed by atoms with Crippen LogP contribution in [0.1, 0.15) is 41.7 Å². The van der Waals surface area contributed by atoms with Crippen molar-refractivity contribution < 1.29 is 14.6 Å². The van der Waals surface area contributed by atoms with Crippen molar-refractivity contribution in [2.24, 2.45) is 0 Å². The molecule has 0 bridgehead atoms. The molecule has 0 saturated heterocycles. The van der Waals surface area contributed by atoms with Gasteiger partial charge in [0.25, 0.3) is 0 Å². The van der Waals surface area contributed by atoms with Crippen LogP contribution in [0.2, 0.25) is 5.02 Å². The van der Waals surface area contributed by atoms with E-state index in [9.17, 15) is 5.11 Å². The molecule has 0 aliphatic carbocycles. The third-order valence-corrected chi connectivity index (χ3v) is 5.91. The Morgan fingerprint density at radius 3 is 2.32 bits per heavy atom. The van der Waals surface area contributed by atoms with Gasteiger partial charge < -0.3 is 19.5 Å². The zero-order valence-corrected chi connectivity index (χ0v) is 19.1. The molecule has 0 spiro atoms. The third kappa shape index (κ3) is 3.74. The number of aliphatic hydroxyl groups is 1. The molecule has 4 nitrogen and oxygen atoms in total. The molecule has 162 valence electrons. The molecule has 5 heteroatoms. The smallest absolute Gasteiger partial charge is 0.195 e. The van der Waals surface area contributed by atoms with Crippen LogP contribution in [0.3, 0.4) is 0 Å². The number of benzene rings is 3. The van der Waals surface area contributed by atoms with Gasteiger partial charge in [0.15, 0.2) is 5.79 Å². The quantitative estimate of drug-likeness (QED) is 0.569. The predicted octanol–water partition coefficient (Wildman–Crippen LogP) is 5.29. The molecule has 3 aromatic rings. The van der Waals surface area contributed by atoms with Gasteiger partial charge in [-0.2, -0.15) is 0 Å². The zero-order chi connectivity index (χ0) is 22.2. The summed E-state index contributed by atoms with van der Waals surface area (Å²) in [6.45, 7) is 4.85. The normalized spacial score (nSPS) is 22.5. The first kappa shape index (κ1) is 21.8. The molecule has 1 aliphatic heterocycles. The summed E-state index contributed by atoms with van der Waals surface area (Å²) in [7, 11) is 4.08. The van der Waals surface area contributed by atoms with Gasteiger partial charge in [0.2, 0.25) is 0 Å². The van der Waals surface area contributed by atoms with Gasteiger partial charge >= 0.3 is 0 Å².